The van der Waals surface area contributed by atoms with E-state index in [1.165, 1.54) is 5.57 Å². The second kappa shape index (κ2) is 3.72. The Kier molecular flexibility index (Phi) is 2.89. The lowest BCUT2D eigenvalue weighted by Gasteiger charge is -2.22. The molecule has 0 saturated carbocycles. The molecule has 0 saturated heterocycles. The van der Waals surface area contributed by atoms with Crippen LogP contribution in [0.2, 0.25) is 0 Å². The fraction of sp³-hybridized carbons (Fsp3) is 0.600. The zero-order chi connectivity index (χ0) is 8.27. The maximum atomic E-state index is 3.51. The van der Waals surface area contributed by atoms with Crippen molar-refractivity contribution in [3.8, 4) is 0 Å². The van der Waals surface area contributed by atoms with Gasteiger partial charge in [0, 0.05) is 12.1 Å². The minimum Gasteiger partial charge on any atom is -0.308 e. The van der Waals surface area contributed by atoms with Crippen LogP contribution in [0.25, 0.3) is 0 Å². The van der Waals surface area contributed by atoms with Crippen LogP contribution in [0.4, 0.5) is 0 Å². The molecule has 0 aromatic rings. The van der Waals surface area contributed by atoms with Gasteiger partial charge in [0.15, 0.2) is 0 Å². The Bertz CT molecular complexity index is 177. The monoisotopic (exact) mass is 151 g/mol. The molecule has 0 fully saturated rings. The molecular weight excluding hydrogens is 134 g/mol. The van der Waals surface area contributed by atoms with Gasteiger partial charge >= 0.3 is 0 Å². The molecule has 1 nitrogen and oxygen atoms in total. The highest BCUT2D eigenvalue weighted by molar-refractivity contribution is 5.22. The van der Waals surface area contributed by atoms with Crippen molar-refractivity contribution in [1.29, 1.82) is 0 Å². The van der Waals surface area contributed by atoms with Crippen LogP contribution in [0, 0.1) is 0 Å². The van der Waals surface area contributed by atoms with Gasteiger partial charge in [-0.05, 0) is 13.3 Å². The van der Waals surface area contributed by atoms with Crippen molar-refractivity contribution >= 4 is 0 Å². The highest BCUT2D eigenvalue weighted by Gasteiger charge is 2.11. The highest BCUT2D eigenvalue weighted by Crippen LogP contribution is 2.12. The Morgan fingerprint density at radius 3 is 2.82 bits per heavy atom. The average molecular weight is 151 g/mol. The van der Waals surface area contributed by atoms with Crippen LogP contribution in [-0.2, 0) is 0 Å². The van der Waals surface area contributed by atoms with Crippen LogP contribution in [0.1, 0.15) is 27.2 Å². The van der Waals surface area contributed by atoms with E-state index in [4.69, 9.17) is 0 Å². The van der Waals surface area contributed by atoms with Crippen molar-refractivity contribution < 1.29 is 0 Å². The van der Waals surface area contributed by atoms with Crippen LogP contribution in [0.15, 0.2) is 23.8 Å². The van der Waals surface area contributed by atoms with Crippen LogP contribution in [0.3, 0.4) is 0 Å². The molecule has 0 heterocycles. The Labute approximate surface area is 69.2 Å². The smallest absolute Gasteiger partial charge is 0.0316 e. The summed E-state index contributed by atoms with van der Waals surface area (Å²) in [6.07, 6.45) is 7.67. The predicted octanol–water partition coefficient (Wildman–Crippen LogP) is 2.26. The third-order valence-electron chi connectivity index (χ3n) is 1.95. The first-order valence-electron chi connectivity index (χ1n) is 4.29. The van der Waals surface area contributed by atoms with E-state index in [1.807, 2.05) is 0 Å². The Hall–Kier alpha value is -0.560. The van der Waals surface area contributed by atoms with E-state index in [0.29, 0.717) is 12.1 Å². The van der Waals surface area contributed by atoms with Crippen LogP contribution in [-0.4, -0.2) is 12.1 Å². The normalized spacial score (nSPS) is 24.0. The van der Waals surface area contributed by atoms with E-state index in [2.05, 4.69) is 44.3 Å². The molecule has 0 aliphatic heterocycles. The fourth-order valence-electron chi connectivity index (χ4n) is 1.34. The standard InChI is InChI=1S/C10H17N/c1-8(2)11-10-7-5-4-6-9(10)3/h4-6,8,10-11H,7H2,1-3H3. The van der Waals surface area contributed by atoms with E-state index >= 15 is 0 Å². The molecule has 1 heteroatoms. The van der Waals surface area contributed by atoms with Gasteiger partial charge in [-0.2, -0.15) is 0 Å². The maximum absolute atomic E-state index is 3.51. The summed E-state index contributed by atoms with van der Waals surface area (Å²) in [4.78, 5) is 0. The minimum atomic E-state index is 0.569. The van der Waals surface area contributed by atoms with E-state index in [9.17, 15) is 0 Å². The van der Waals surface area contributed by atoms with Gasteiger partial charge in [0.2, 0.25) is 0 Å². The molecule has 1 atom stereocenters. The van der Waals surface area contributed by atoms with Crippen molar-refractivity contribution in [2.45, 2.75) is 39.3 Å². The Morgan fingerprint density at radius 1 is 1.55 bits per heavy atom. The molecule has 1 N–H and O–H groups in total. The summed E-state index contributed by atoms with van der Waals surface area (Å²) in [7, 11) is 0. The van der Waals surface area contributed by atoms with Gasteiger partial charge in [-0.1, -0.05) is 37.6 Å². The van der Waals surface area contributed by atoms with Crippen molar-refractivity contribution in [3.63, 3.8) is 0 Å². The summed E-state index contributed by atoms with van der Waals surface area (Å²) < 4.78 is 0. The quantitative estimate of drug-likeness (QED) is 0.638. The third kappa shape index (κ3) is 2.51. The highest BCUT2D eigenvalue weighted by atomic mass is 14.9. The lowest BCUT2D eigenvalue weighted by molar-refractivity contribution is 0.506. The summed E-state index contributed by atoms with van der Waals surface area (Å²) in [5.41, 5.74) is 1.45. The molecule has 11 heavy (non-hydrogen) atoms. The molecule has 62 valence electrons. The van der Waals surface area contributed by atoms with Crippen LogP contribution in [0.5, 0.6) is 0 Å². The van der Waals surface area contributed by atoms with Gasteiger partial charge in [0.25, 0.3) is 0 Å². The first-order valence-corrected chi connectivity index (χ1v) is 4.29. The number of nitrogens with one attached hydrogen (secondary N) is 1. The summed E-state index contributed by atoms with van der Waals surface area (Å²) in [5, 5.41) is 3.51. The van der Waals surface area contributed by atoms with Crippen molar-refractivity contribution in [3.05, 3.63) is 23.8 Å². The number of hydrogen-bond donors (Lipinski definition) is 1. The van der Waals surface area contributed by atoms with E-state index in [1.54, 1.807) is 0 Å². The van der Waals surface area contributed by atoms with Gasteiger partial charge in [0.1, 0.15) is 0 Å². The molecule has 1 rings (SSSR count). The van der Waals surface area contributed by atoms with Crippen LogP contribution >= 0.6 is 0 Å². The Morgan fingerprint density at radius 2 is 2.27 bits per heavy atom. The number of rotatable bonds is 2. The van der Waals surface area contributed by atoms with Gasteiger partial charge in [-0.25, -0.2) is 0 Å². The minimum absolute atomic E-state index is 0.569. The Balaban J connectivity index is 2.47. The molecule has 1 aliphatic carbocycles. The van der Waals surface area contributed by atoms with Gasteiger partial charge in [0.05, 0.1) is 0 Å². The molecule has 0 bridgehead atoms. The van der Waals surface area contributed by atoms with E-state index in [-0.39, 0.29) is 0 Å². The SMILES string of the molecule is CC1=CC=CCC1NC(C)C. The summed E-state index contributed by atoms with van der Waals surface area (Å²) in [5.74, 6) is 0. The zero-order valence-corrected chi connectivity index (χ0v) is 7.59. The molecule has 1 aliphatic rings. The van der Waals surface area contributed by atoms with Crippen LogP contribution < -0.4 is 5.32 Å². The topological polar surface area (TPSA) is 12.0 Å². The lowest BCUT2D eigenvalue weighted by Crippen LogP contribution is -2.35. The second-order valence-corrected chi connectivity index (χ2v) is 3.45. The molecule has 0 aromatic heterocycles. The van der Waals surface area contributed by atoms with E-state index < -0.39 is 0 Å². The zero-order valence-electron chi connectivity index (χ0n) is 7.59. The van der Waals surface area contributed by atoms with Crippen molar-refractivity contribution in [2.24, 2.45) is 0 Å². The van der Waals surface area contributed by atoms with Gasteiger partial charge < -0.3 is 5.32 Å². The number of hydrogen-bond acceptors (Lipinski definition) is 1. The van der Waals surface area contributed by atoms with Crippen molar-refractivity contribution in [1.82, 2.24) is 5.32 Å². The average Bonchev–Trinajstić information content (AvgIpc) is 1.93. The summed E-state index contributed by atoms with van der Waals surface area (Å²) in [6, 6.07) is 1.15. The first-order chi connectivity index (χ1) is 5.20. The van der Waals surface area contributed by atoms with Crippen molar-refractivity contribution in [2.75, 3.05) is 0 Å². The molecule has 0 radical (unpaired) electrons. The number of allylic oxidation sites excluding steroid dienone is 2. The summed E-state index contributed by atoms with van der Waals surface area (Å²) in [6.45, 7) is 6.56. The fourth-order valence-corrected chi connectivity index (χ4v) is 1.34. The van der Waals surface area contributed by atoms with E-state index in [0.717, 1.165) is 6.42 Å². The molecule has 0 amide bonds. The van der Waals surface area contributed by atoms with Gasteiger partial charge in [-0.3, -0.25) is 0 Å². The third-order valence-corrected chi connectivity index (χ3v) is 1.95. The van der Waals surface area contributed by atoms with Gasteiger partial charge in [-0.15, -0.1) is 0 Å². The molecule has 0 aromatic carbocycles. The maximum Gasteiger partial charge on any atom is 0.0316 e. The molecule has 1 unspecified atom stereocenters. The predicted molar refractivity (Wildman–Crippen MR) is 49.6 cm³/mol. The summed E-state index contributed by atoms with van der Waals surface area (Å²) >= 11 is 0. The second-order valence-electron chi connectivity index (χ2n) is 3.45. The lowest BCUT2D eigenvalue weighted by atomic mass is 10.00. The molecule has 0 spiro atoms. The molecular formula is C10H17N. The largest absolute Gasteiger partial charge is 0.308 e. The first kappa shape index (κ1) is 8.54.